The highest BCUT2D eigenvalue weighted by molar-refractivity contribution is 6.30. The van der Waals surface area contributed by atoms with Gasteiger partial charge in [-0.25, -0.2) is 4.39 Å². The number of nitrogens with zero attached hydrogens (tertiary/aromatic N) is 1. The van der Waals surface area contributed by atoms with Gasteiger partial charge in [0.25, 0.3) is 5.91 Å². The number of halogens is 2. The third-order valence-electron chi connectivity index (χ3n) is 2.87. The van der Waals surface area contributed by atoms with Crippen LogP contribution in [0.3, 0.4) is 0 Å². The number of carbonyl (C=O) groups excluding carboxylic acids is 1. The summed E-state index contributed by atoms with van der Waals surface area (Å²) in [6, 6.07) is 12.5. The molecule has 1 amide bonds. The summed E-state index contributed by atoms with van der Waals surface area (Å²) in [5, 5.41) is 11.6. The molecule has 2 rings (SSSR count). The number of hydrogen-bond acceptors (Lipinski definition) is 3. The first-order valence-electron chi connectivity index (χ1n) is 6.43. The lowest BCUT2D eigenvalue weighted by molar-refractivity contribution is -0.122. The van der Waals surface area contributed by atoms with Crippen LogP contribution in [0.4, 0.5) is 10.1 Å². The van der Waals surface area contributed by atoms with Crippen molar-refractivity contribution in [2.24, 2.45) is 0 Å². The number of nitriles is 1. The summed E-state index contributed by atoms with van der Waals surface area (Å²) in [4.78, 5) is 12.0. The standard InChI is InChI=1S/C16H12ClFN2O2/c1-10(22-15-5-3-2-4-11(15)9-19)16(21)20-14-7-6-12(17)8-13(14)18/h2-8,10H,1H3,(H,20,21). The highest BCUT2D eigenvalue weighted by atomic mass is 35.5. The molecule has 0 aliphatic carbocycles. The molecule has 4 nitrogen and oxygen atoms in total. The summed E-state index contributed by atoms with van der Waals surface area (Å²) < 4.78 is 19.1. The summed E-state index contributed by atoms with van der Waals surface area (Å²) in [5.74, 6) is -0.872. The maximum absolute atomic E-state index is 13.6. The van der Waals surface area contributed by atoms with E-state index in [4.69, 9.17) is 21.6 Å². The van der Waals surface area contributed by atoms with Crippen LogP contribution in [0.5, 0.6) is 5.75 Å². The number of carbonyl (C=O) groups is 1. The van der Waals surface area contributed by atoms with Gasteiger partial charge in [0.05, 0.1) is 11.3 Å². The van der Waals surface area contributed by atoms with Gasteiger partial charge in [0.1, 0.15) is 17.6 Å². The molecule has 0 fully saturated rings. The van der Waals surface area contributed by atoms with Crippen molar-refractivity contribution in [1.29, 1.82) is 5.26 Å². The fourth-order valence-corrected chi connectivity index (χ4v) is 1.89. The Hall–Kier alpha value is -2.58. The minimum Gasteiger partial charge on any atom is -0.480 e. The van der Waals surface area contributed by atoms with E-state index >= 15 is 0 Å². The van der Waals surface area contributed by atoms with Crippen LogP contribution in [0.2, 0.25) is 5.02 Å². The molecule has 0 aliphatic heterocycles. The van der Waals surface area contributed by atoms with Crippen molar-refractivity contribution in [1.82, 2.24) is 0 Å². The normalized spacial score (nSPS) is 11.4. The monoisotopic (exact) mass is 318 g/mol. The van der Waals surface area contributed by atoms with Crippen molar-refractivity contribution in [2.75, 3.05) is 5.32 Å². The number of hydrogen-bond donors (Lipinski definition) is 1. The molecule has 0 bridgehead atoms. The van der Waals surface area contributed by atoms with Gasteiger partial charge in [-0.15, -0.1) is 0 Å². The average molecular weight is 319 g/mol. The number of rotatable bonds is 4. The predicted molar refractivity (Wildman–Crippen MR) is 81.3 cm³/mol. The second-order valence-corrected chi connectivity index (χ2v) is 4.92. The second-order valence-electron chi connectivity index (χ2n) is 4.48. The number of amides is 1. The maximum atomic E-state index is 13.6. The largest absolute Gasteiger partial charge is 0.480 e. The number of para-hydroxylation sites is 1. The van der Waals surface area contributed by atoms with Gasteiger partial charge in [-0.3, -0.25) is 4.79 Å². The van der Waals surface area contributed by atoms with Gasteiger partial charge in [-0.05, 0) is 37.3 Å². The maximum Gasteiger partial charge on any atom is 0.265 e. The molecule has 2 aromatic carbocycles. The lowest BCUT2D eigenvalue weighted by atomic mass is 10.2. The number of ether oxygens (including phenoxy) is 1. The third kappa shape index (κ3) is 3.74. The van der Waals surface area contributed by atoms with E-state index in [1.807, 2.05) is 6.07 Å². The van der Waals surface area contributed by atoms with Gasteiger partial charge in [0.15, 0.2) is 6.10 Å². The van der Waals surface area contributed by atoms with E-state index in [9.17, 15) is 9.18 Å². The van der Waals surface area contributed by atoms with E-state index in [1.165, 1.54) is 19.1 Å². The van der Waals surface area contributed by atoms with Crippen LogP contribution in [-0.2, 0) is 4.79 Å². The molecule has 0 aromatic heterocycles. The molecular weight excluding hydrogens is 307 g/mol. The quantitative estimate of drug-likeness (QED) is 0.933. The molecule has 1 N–H and O–H groups in total. The van der Waals surface area contributed by atoms with Crippen molar-refractivity contribution >= 4 is 23.2 Å². The number of benzene rings is 2. The van der Waals surface area contributed by atoms with Gasteiger partial charge in [-0.1, -0.05) is 23.7 Å². The van der Waals surface area contributed by atoms with E-state index < -0.39 is 17.8 Å². The zero-order valence-corrected chi connectivity index (χ0v) is 12.4. The molecule has 0 radical (unpaired) electrons. The van der Waals surface area contributed by atoms with Gasteiger partial charge in [0.2, 0.25) is 0 Å². The average Bonchev–Trinajstić information content (AvgIpc) is 2.50. The highest BCUT2D eigenvalue weighted by Gasteiger charge is 2.17. The van der Waals surface area contributed by atoms with Crippen LogP contribution in [0.25, 0.3) is 0 Å². The van der Waals surface area contributed by atoms with E-state index in [1.54, 1.807) is 24.3 Å². The van der Waals surface area contributed by atoms with Crippen LogP contribution in [-0.4, -0.2) is 12.0 Å². The molecule has 0 heterocycles. The summed E-state index contributed by atoms with van der Waals surface area (Å²) >= 11 is 5.65. The SMILES string of the molecule is CC(Oc1ccccc1C#N)C(=O)Nc1ccc(Cl)cc1F. The Bertz CT molecular complexity index is 743. The topological polar surface area (TPSA) is 62.1 Å². The molecule has 0 aliphatic rings. The Balaban J connectivity index is 2.08. The molecule has 0 saturated heterocycles. The van der Waals surface area contributed by atoms with E-state index in [0.717, 1.165) is 6.07 Å². The lowest BCUT2D eigenvalue weighted by Gasteiger charge is -2.15. The lowest BCUT2D eigenvalue weighted by Crippen LogP contribution is -2.30. The molecule has 22 heavy (non-hydrogen) atoms. The first-order valence-corrected chi connectivity index (χ1v) is 6.80. The Morgan fingerprint density at radius 3 is 2.77 bits per heavy atom. The summed E-state index contributed by atoms with van der Waals surface area (Å²) in [5.41, 5.74) is 0.332. The van der Waals surface area contributed by atoms with Crippen molar-refractivity contribution in [3.05, 3.63) is 58.9 Å². The van der Waals surface area contributed by atoms with E-state index in [-0.39, 0.29) is 10.7 Å². The van der Waals surface area contributed by atoms with Crippen molar-refractivity contribution in [2.45, 2.75) is 13.0 Å². The number of anilines is 1. The Labute approximate surface area is 132 Å². The Morgan fingerprint density at radius 1 is 1.36 bits per heavy atom. The second kappa shape index (κ2) is 6.92. The predicted octanol–water partition coefficient (Wildman–Crippen LogP) is 3.76. The van der Waals surface area contributed by atoms with Crippen LogP contribution < -0.4 is 10.1 Å². The Kier molecular flexibility index (Phi) is 4.97. The first kappa shape index (κ1) is 15.8. The van der Waals surface area contributed by atoms with Crippen molar-refractivity contribution in [3.63, 3.8) is 0 Å². The van der Waals surface area contributed by atoms with Crippen molar-refractivity contribution < 1.29 is 13.9 Å². The van der Waals surface area contributed by atoms with Crippen LogP contribution >= 0.6 is 11.6 Å². The smallest absolute Gasteiger partial charge is 0.265 e. The third-order valence-corrected chi connectivity index (χ3v) is 3.10. The fourth-order valence-electron chi connectivity index (χ4n) is 1.73. The van der Waals surface area contributed by atoms with Crippen LogP contribution in [0, 0.1) is 17.1 Å². The molecule has 0 spiro atoms. The minimum absolute atomic E-state index is 0.0124. The van der Waals surface area contributed by atoms with Gasteiger partial charge < -0.3 is 10.1 Å². The van der Waals surface area contributed by atoms with E-state index in [2.05, 4.69) is 5.32 Å². The fraction of sp³-hybridized carbons (Fsp3) is 0.125. The zero-order chi connectivity index (χ0) is 16.1. The van der Waals surface area contributed by atoms with Crippen LogP contribution in [0.1, 0.15) is 12.5 Å². The molecular formula is C16H12ClFN2O2. The van der Waals surface area contributed by atoms with Gasteiger partial charge >= 0.3 is 0 Å². The molecule has 112 valence electrons. The summed E-state index contributed by atoms with van der Waals surface area (Å²) in [6.45, 7) is 1.51. The molecule has 2 aromatic rings. The highest BCUT2D eigenvalue weighted by Crippen LogP contribution is 2.21. The van der Waals surface area contributed by atoms with Crippen molar-refractivity contribution in [3.8, 4) is 11.8 Å². The first-order chi connectivity index (χ1) is 10.5. The van der Waals surface area contributed by atoms with Gasteiger partial charge in [0, 0.05) is 5.02 Å². The molecule has 0 saturated carbocycles. The zero-order valence-electron chi connectivity index (χ0n) is 11.6. The Morgan fingerprint density at radius 2 is 2.09 bits per heavy atom. The van der Waals surface area contributed by atoms with Gasteiger partial charge in [-0.2, -0.15) is 5.26 Å². The molecule has 1 unspecified atom stereocenters. The van der Waals surface area contributed by atoms with E-state index in [0.29, 0.717) is 11.3 Å². The summed E-state index contributed by atoms with van der Waals surface area (Å²) in [6.07, 6.45) is -0.899. The number of nitrogens with one attached hydrogen (secondary N) is 1. The molecule has 1 atom stereocenters. The van der Waals surface area contributed by atoms with Crippen LogP contribution in [0.15, 0.2) is 42.5 Å². The summed E-state index contributed by atoms with van der Waals surface area (Å²) in [7, 11) is 0. The molecule has 6 heteroatoms. The minimum atomic E-state index is -0.899.